The van der Waals surface area contributed by atoms with Crippen molar-refractivity contribution < 1.29 is 9.90 Å². The SMILES string of the molecule is CCCCCC(=O)[O-].C[CH2][Ba+]. The molecular formula is C8H16BaO2. The number of carbonyl (C=O) groups is 1. The molecule has 0 saturated heterocycles. The third-order valence-corrected chi connectivity index (χ3v) is 0.984. The van der Waals surface area contributed by atoms with Crippen LogP contribution < -0.4 is 5.11 Å². The van der Waals surface area contributed by atoms with E-state index in [4.69, 9.17) is 0 Å². The standard InChI is InChI=1S/C6H12O2.C2H5.Ba/c1-2-3-4-5-6(7)8;1-2;/h2-5H2,1H3,(H,7,8);1H2,2H3;/q;;+1/p-1. The second kappa shape index (κ2) is 13.6. The van der Waals surface area contributed by atoms with E-state index < -0.39 is 5.97 Å². The summed E-state index contributed by atoms with van der Waals surface area (Å²) in [5, 5.41) is 9.76. The molecule has 0 aliphatic heterocycles. The fourth-order valence-corrected chi connectivity index (χ4v) is 0.519. The van der Waals surface area contributed by atoms with Gasteiger partial charge in [-0.3, -0.25) is 0 Å². The van der Waals surface area contributed by atoms with E-state index in [-0.39, 0.29) is 6.42 Å². The third-order valence-electron chi connectivity index (χ3n) is 0.984. The van der Waals surface area contributed by atoms with Gasteiger partial charge in [-0.25, -0.2) is 0 Å². The van der Waals surface area contributed by atoms with E-state index in [0.29, 0.717) is 0 Å². The Kier molecular flexibility index (Phi) is 18.0. The van der Waals surface area contributed by atoms with Gasteiger partial charge in [0.15, 0.2) is 0 Å². The first kappa shape index (κ1) is 14.6. The van der Waals surface area contributed by atoms with Crippen LogP contribution in [-0.4, -0.2) is 52.5 Å². The molecular weight excluding hydrogens is 265 g/mol. The van der Waals surface area contributed by atoms with Gasteiger partial charge in [0.25, 0.3) is 0 Å². The summed E-state index contributed by atoms with van der Waals surface area (Å²) in [6.45, 7) is 4.25. The number of rotatable bonds is 4. The van der Waals surface area contributed by atoms with Crippen LogP contribution in [0.15, 0.2) is 0 Å². The molecule has 0 aliphatic rings. The van der Waals surface area contributed by atoms with Crippen molar-refractivity contribution in [2.24, 2.45) is 0 Å². The number of carboxylic acid groups (broad SMARTS) is 1. The van der Waals surface area contributed by atoms with E-state index in [1.54, 1.807) is 0 Å². The number of aliphatic carboxylic acids is 1. The van der Waals surface area contributed by atoms with E-state index in [1.807, 2.05) is 6.92 Å². The van der Waals surface area contributed by atoms with Gasteiger partial charge in [0, 0.05) is 5.97 Å². The quantitative estimate of drug-likeness (QED) is 0.568. The molecule has 3 heteroatoms. The molecule has 0 aromatic heterocycles. The van der Waals surface area contributed by atoms with Crippen molar-refractivity contribution in [3.05, 3.63) is 0 Å². The van der Waals surface area contributed by atoms with Crippen molar-refractivity contribution in [3.63, 3.8) is 0 Å². The van der Waals surface area contributed by atoms with Crippen molar-refractivity contribution in [2.45, 2.75) is 40.4 Å². The Morgan fingerprint density at radius 1 is 1.36 bits per heavy atom. The normalized spacial score (nSPS) is 8.36. The van der Waals surface area contributed by atoms with Gasteiger partial charge in [-0.05, 0) is 12.8 Å². The van der Waals surface area contributed by atoms with Crippen molar-refractivity contribution in [1.82, 2.24) is 0 Å². The molecule has 0 rings (SSSR count). The zero-order chi connectivity index (χ0) is 9.11. The molecule has 0 aromatic rings. The van der Waals surface area contributed by atoms with Crippen LogP contribution in [0.5, 0.6) is 0 Å². The molecule has 0 aromatic carbocycles. The number of unbranched alkanes of at least 4 members (excludes halogenated alkanes) is 2. The first-order chi connectivity index (χ1) is 5.18. The van der Waals surface area contributed by atoms with Crippen LogP contribution in [-0.2, 0) is 4.79 Å². The van der Waals surface area contributed by atoms with E-state index in [2.05, 4.69) is 6.92 Å². The maximum absolute atomic E-state index is 9.76. The van der Waals surface area contributed by atoms with Gasteiger partial charge in [-0.1, -0.05) is 19.8 Å². The average Bonchev–Trinajstić information content (AvgIpc) is 1.89. The molecule has 0 N–H and O–H groups in total. The van der Waals surface area contributed by atoms with Crippen LogP contribution in [0, 0.1) is 0 Å². The number of carboxylic acids is 1. The minimum absolute atomic E-state index is 0.216. The molecule has 0 amide bonds. The summed E-state index contributed by atoms with van der Waals surface area (Å²) in [7, 11) is 0. The molecule has 0 fully saturated rings. The van der Waals surface area contributed by atoms with Crippen LogP contribution in [0.2, 0.25) is 0.889 Å². The zero-order valence-electron chi connectivity index (χ0n) is 7.56. The van der Waals surface area contributed by atoms with Crippen molar-refractivity contribution in [3.8, 4) is 0 Å². The topological polar surface area (TPSA) is 40.1 Å². The molecule has 0 unspecified atom stereocenters. The molecule has 11 heavy (non-hydrogen) atoms. The Hall–Kier alpha value is 1.04. The molecule has 2 nitrogen and oxygen atoms in total. The van der Waals surface area contributed by atoms with Gasteiger partial charge in [0.2, 0.25) is 0 Å². The minimum atomic E-state index is -0.932. The fraction of sp³-hybridized carbons (Fsp3) is 0.875. The Balaban J connectivity index is 0. The zero-order valence-corrected chi connectivity index (χ0v) is 12.0. The summed E-state index contributed by atoms with van der Waals surface area (Å²) in [6.07, 6.45) is 3.04. The first-order valence-electron chi connectivity index (χ1n) is 4.18. The Morgan fingerprint density at radius 3 is 2.09 bits per heavy atom. The Labute approximate surface area is 101 Å². The van der Waals surface area contributed by atoms with Gasteiger partial charge in [0.1, 0.15) is 0 Å². The maximum atomic E-state index is 9.76. The molecule has 0 aliphatic carbocycles. The van der Waals surface area contributed by atoms with Gasteiger partial charge < -0.3 is 9.90 Å². The van der Waals surface area contributed by atoms with Gasteiger partial charge >= 0.3 is 54.3 Å². The number of hydrogen-bond acceptors (Lipinski definition) is 2. The number of hydrogen-bond donors (Lipinski definition) is 0. The van der Waals surface area contributed by atoms with Crippen LogP contribution >= 0.6 is 0 Å². The van der Waals surface area contributed by atoms with Crippen LogP contribution in [0.3, 0.4) is 0 Å². The van der Waals surface area contributed by atoms with E-state index in [9.17, 15) is 9.90 Å². The molecule has 0 spiro atoms. The van der Waals surface area contributed by atoms with E-state index in [0.717, 1.165) is 65.8 Å². The summed E-state index contributed by atoms with van der Waals surface area (Å²) in [4.78, 5) is 9.76. The van der Waals surface area contributed by atoms with Crippen LogP contribution in [0.25, 0.3) is 0 Å². The summed E-state index contributed by atoms with van der Waals surface area (Å²) < 4.78 is 1.44. The second-order valence-corrected chi connectivity index (χ2v) is 5.47. The number of carbonyl (C=O) groups excluding carboxylic acids is 1. The van der Waals surface area contributed by atoms with Crippen LogP contribution in [0.4, 0.5) is 0 Å². The first-order valence-corrected chi connectivity index (χ1v) is 7.32. The predicted octanol–water partition coefficient (Wildman–Crippen LogP) is 0.910. The summed E-state index contributed by atoms with van der Waals surface area (Å²) >= 11 is 1.07. The molecule has 62 valence electrons. The van der Waals surface area contributed by atoms with Crippen molar-refractivity contribution in [1.29, 1.82) is 0 Å². The van der Waals surface area contributed by atoms with Gasteiger partial charge in [0.05, 0.1) is 0 Å². The summed E-state index contributed by atoms with van der Waals surface area (Å²) in [5.41, 5.74) is 0. The average molecular weight is 282 g/mol. The van der Waals surface area contributed by atoms with E-state index in [1.165, 1.54) is 0.889 Å². The van der Waals surface area contributed by atoms with E-state index >= 15 is 0 Å². The summed E-state index contributed by atoms with van der Waals surface area (Å²) in [5.74, 6) is -0.932. The Morgan fingerprint density at radius 2 is 1.82 bits per heavy atom. The fourth-order valence-electron chi connectivity index (χ4n) is 0.519. The summed E-state index contributed by atoms with van der Waals surface area (Å²) in [6, 6.07) is 0. The molecule has 0 saturated carbocycles. The van der Waals surface area contributed by atoms with Crippen molar-refractivity contribution in [2.75, 3.05) is 0 Å². The molecule has 0 radical (unpaired) electrons. The third kappa shape index (κ3) is 24.7. The Bertz CT molecular complexity index is 84.2. The van der Waals surface area contributed by atoms with Gasteiger partial charge in [-0.2, -0.15) is 0 Å². The molecule has 0 atom stereocenters. The predicted molar refractivity (Wildman–Crippen MR) is 45.4 cm³/mol. The second-order valence-electron chi connectivity index (χ2n) is 2.33. The van der Waals surface area contributed by atoms with Gasteiger partial charge in [-0.15, -0.1) is 0 Å². The molecule has 0 bridgehead atoms. The van der Waals surface area contributed by atoms with Crippen molar-refractivity contribution >= 4 is 52.5 Å². The van der Waals surface area contributed by atoms with Crippen LogP contribution in [0.1, 0.15) is 39.5 Å². The molecule has 0 heterocycles. The monoisotopic (exact) mass is 282 g/mol.